The lowest BCUT2D eigenvalue weighted by Gasteiger charge is -2.25. The van der Waals surface area contributed by atoms with Gasteiger partial charge in [0, 0.05) is 24.3 Å². The van der Waals surface area contributed by atoms with Crippen LogP contribution in [-0.2, 0) is 0 Å². The molecular weight excluding hydrogens is 234 g/mol. The molecule has 0 aromatic carbocycles. The molecule has 106 valence electrons. The zero-order valence-corrected chi connectivity index (χ0v) is 12.4. The van der Waals surface area contributed by atoms with Crippen molar-refractivity contribution >= 4 is 5.82 Å². The molecule has 2 heterocycles. The Bertz CT molecular complexity index is 378. The summed E-state index contributed by atoms with van der Waals surface area (Å²) in [4.78, 5) is 7.16. The van der Waals surface area contributed by atoms with E-state index in [1.807, 2.05) is 6.20 Å². The molecule has 19 heavy (non-hydrogen) atoms. The van der Waals surface area contributed by atoms with E-state index in [9.17, 15) is 0 Å². The Morgan fingerprint density at radius 1 is 1.37 bits per heavy atom. The number of anilines is 1. The lowest BCUT2D eigenvalue weighted by molar-refractivity contribution is 0.258. The first-order valence-corrected chi connectivity index (χ1v) is 7.79. The number of hydrogen-bond donors (Lipinski definition) is 1. The Kier molecular flexibility index (Phi) is 5.64. The van der Waals surface area contributed by atoms with Gasteiger partial charge in [-0.3, -0.25) is 4.90 Å². The molecule has 1 aromatic rings. The lowest BCUT2D eigenvalue weighted by Crippen LogP contribution is -2.25. The molecule has 0 radical (unpaired) electrons. The molecule has 1 fully saturated rings. The van der Waals surface area contributed by atoms with Crippen molar-refractivity contribution in [1.82, 2.24) is 9.88 Å². The van der Waals surface area contributed by atoms with Gasteiger partial charge in [-0.15, -0.1) is 0 Å². The maximum Gasteiger partial charge on any atom is 0.130 e. The minimum Gasteiger partial charge on any atom is -0.370 e. The smallest absolute Gasteiger partial charge is 0.130 e. The summed E-state index contributed by atoms with van der Waals surface area (Å²) in [7, 11) is 0. The first kappa shape index (κ1) is 14.3. The van der Waals surface area contributed by atoms with Gasteiger partial charge >= 0.3 is 0 Å². The van der Waals surface area contributed by atoms with Crippen molar-refractivity contribution in [1.29, 1.82) is 0 Å². The molecule has 0 unspecified atom stereocenters. The van der Waals surface area contributed by atoms with Gasteiger partial charge in [-0.2, -0.15) is 0 Å². The van der Waals surface area contributed by atoms with Crippen molar-refractivity contribution in [2.24, 2.45) is 0 Å². The van der Waals surface area contributed by atoms with Crippen LogP contribution in [0.25, 0.3) is 0 Å². The third-order valence-corrected chi connectivity index (χ3v) is 3.90. The van der Waals surface area contributed by atoms with Gasteiger partial charge in [0.05, 0.1) is 0 Å². The maximum atomic E-state index is 4.55. The summed E-state index contributed by atoms with van der Waals surface area (Å²) in [5.74, 6) is 1.10. The molecule has 1 saturated heterocycles. The van der Waals surface area contributed by atoms with E-state index < -0.39 is 0 Å². The second-order valence-corrected chi connectivity index (χ2v) is 5.42. The molecule has 1 atom stereocenters. The van der Waals surface area contributed by atoms with Crippen molar-refractivity contribution in [3.63, 3.8) is 0 Å². The number of hydrogen-bond acceptors (Lipinski definition) is 3. The van der Waals surface area contributed by atoms with E-state index in [-0.39, 0.29) is 0 Å². The number of rotatable bonds is 7. The molecule has 2 rings (SSSR count). The van der Waals surface area contributed by atoms with Gasteiger partial charge in [0.1, 0.15) is 5.82 Å². The van der Waals surface area contributed by atoms with Crippen molar-refractivity contribution < 1.29 is 0 Å². The Morgan fingerprint density at radius 2 is 2.26 bits per heavy atom. The molecule has 0 amide bonds. The van der Waals surface area contributed by atoms with Gasteiger partial charge in [0.2, 0.25) is 0 Å². The second-order valence-electron chi connectivity index (χ2n) is 5.42. The highest BCUT2D eigenvalue weighted by molar-refractivity contribution is 5.46. The quantitative estimate of drug-likeness (QED) is 0.756. The van der Waals surface area contributed by atoms with Gasteiger partial charge in [-0.25, -0.2) is 4.98 Å². The van der Waals surface area contributed by atoms with E-state index in [2.05, 4.69) is 41.2 Å². The van der Waals surface area contributed by atoms with E-state index >= 15 is 0 Å². The molecule has 0 aliphatic carbocycles. The van der Waals surface area contributed by atoms with Gasteiger partial charge < -0.3 is 5.32 Å². The normalized spacial score (nSPS) is 19.8. The molecule has 3 nitrogen and oxygen atoms in total. The summed E-state index contributed by atoms with van der Waals surface area (Å²) >= 11 is 0. The van der Waals surface area contributed by atoms with Gasteiger partial charge in [-0.05, 0) is 44.8 Å². The van der Waals surface area contributed by atoms with Crippen molar-refractivity contribution in [2.45, 2.75) is 52.0 Å². The topological polar surface area (TPSA) is 28.2 Å². The standard InChI is InChI=1S/C16H27N3/c1-3-5-10-17-16-14(8-6-11-18-16)15-9-7-13-19(15)12-4-2/h6,8,11,15H,3-5,7,9-10,12-13H2,1-2H3,(H,17,18)/t15-/m1/s1. The van der Waals surface area contributed by atoms with E-state index in [0.29, 0.717) is 6.04 Å². The van der Waals surface area contributed by atoms with Crippen LogP contribution in [0.15, 0.2) is 18.3 Å². The number of likely N-dealkylation sites (tertiary alicyclic amines) is 1. The van der Waals surface area contributed by atoms with Crippen LogP contribution >= 0.6 is 0 Å². The first-order valence-electron chi connectivity index (χ1n) is 7.79. The fraction of sp³-hybridized carbons (Fsp3) is 0.688. The van der Waals surface area contributed by atoms with Crippen LogP contribution in [0, 0.1) is 0 Å². The van der Waals surface area contributed by atoms with E-state index in [1.165, 1.54) is 50.8 Å². The van der Waals surface area contributed by atoms with E-state index in [0.717, 1.165) is 12.4 Å². The SMILES string of the molecule is CCCCNc1ncccc1[C@H]1CCCN1CCC. The summed E-state index contributed by atoms with van der Waals surface area (Å²) in [6.45, 7) is 7.96. The zero-order valence-electron chi connectivity index (χ0n) is 12.4. The number of unbranched alkanes of at least 4 members (excludes halogenated alkanes) is 1. The minimum absolute atomic E-state index is 0.567. The van der Waals surface area contributed by atoms with Gasteiger partial charge in [-0.1, -0.05) is 26.3 Å². The minimum atomic E-state index is 0.567. The van der Waals surface area contributed by atoms with Crippen LogP contribution in [0.3, 0.4) is 0 Å². The monoisotopic (exact) mass is 261 g/mol. The summed E-state index contributed by atoms with van der Waals surface area (Å²) in [5.41, 5.74) is 1.39. The molecule has 1 aliphatic rings. The molecule has 1 aromatic heterocycles. The van der Waals surface area contributed by atoms with Crippen molar-refractivity contribution in [2.75, 3.05) is 25.0 Å². The largest absolute Gasteiger partial charge is 0.370 e. The predicted molar refractivity (Wildman–Crippen MR) is 81.5 cm³/mol. The van der Waals surface area contributed by atoms with Crippen LogP contribution in [0.1, 0.15) is 57.6 Å². The summed E-state index contributed by atoms with van der Waals surface area (Å²) in [6, 6.07) is 4.89. The zero-order chi connectivity index (χ0) is 13.5. The van der Waals surface area contributed by atoms with Crippen LogP contribution in [0.5, 0.6) is 0 Å². The van der Waals surface area contributed by atoms with Crippen LogP contribution in [-0.4, -0.2) is 29.5 Å². The van der Waals surface area contributed by atoms with Crippen molar-refractivity contribution in [3.05, 3.63) is 23.9 Å². The Labute approximate surface area is 117 Å². The number of nitrogens with zero attached hydrogens (tertiary/aromatic N) is 2. The summed E-state index contributed by atoms with van der Waals surface area (Å²) in [6.07, 6.45) is 8.15. The average molecular weight is 261 g/mol. The fourth-order valence-electron chi connectivity index (χ4n) is 2.95. The third-order valence-electron chi connectivity index (χ3n) is 3.90. The van der Waals surface area contributed by atoms with E-state index in [1.54, 1.807) is 0 Å². The Hall–Kier alpha value is -1.09. The van der Waals surface area contributed by atoms with Crippen LogP contribution in [0.4, 0.5) is 5.82 Å². The predicted octanol–water partition coefficient (Wildman–Crippen LogP) is 3.84. The highest BCUT2D eigenvalue weighted by atomic mass is 15.2. The Morgan fingerprint density at radius 3 is 3.05 bits per heavy atom. The maximum absolute atomic E-state index is 4.55. The molecule has 0 spiro atoms. The summed E-state index contributed by atoms with van der Waals surface area (Å²) in [5, 5.41) is 3.52. The molecule has 1 N–H and O–H groups in total. The first-order chi connectivity index (χ1) is 9.36. The van der Waals surface area contributed by atoms with E-state index in [4.69, 9.17) is 0 Å². The third kappa shape index (κ3) is 3.69. The van der Waals surface area contributed by atoms with Crippen molar-refractivity contribution in [3.8, 4) is 0 Å². The van der Waals surface area contributed by atoms with Crippen LogP contribution < -0.4 is 5.32 Å². The molecule has 0 bridgehead atoms. The molecule has 0 saturated carbocycles. The number of nitrogens with one attached hydrogen (secondary N) is 1. The molecular formula is C16H27N3. The molecule has 3 heteroatoms. The number of pyridine rings is 1. The van der Waals surface area contributed by atoms with Gasteiger partial charge in [0.25, 0.3) is 0 Å². The summed E-state index contributed by atoms with van der Waals surface area (Å²) < 4.78 is 0. The fourth-order valence-corrected chi connectivity index (χ4v) is 2.95. The second kappa shape index (κ2) is 7.49. The number of aromatic nitrogens is 1. The van der Waals surface area contributed by atoms with Gasteiger partial charge in [0.15, 0.2) is 0 Å². The Balaban J connectivity index is 2.09. The average Bonchev–Trinajstić information content (AvgIpc) is 2.88. The highest BCUT2D eigenvalue weighted by Gasteiger charge is 2.27. The lowest BCUT2D eigenvalue weighted by atomic mass is 10.1. The molecule has 1 aliphatic heterocycles. The highest BCUT2D eigenvalue weighted by Crippen LogP contribution is 2.34. The van der Waals surface area contributed by atoms with Crippen LogP contribution in [0.2, 0.25) is 0 Å².